The molecular formula is C27H28O8. The summed E-state index contributed by atoms with van der Waals surface area (Å²) in [5.41, 5.74) is 5.20. The average molecular weight is 481 g/mol. The lowest BCUT2D eigenvalue weighted by Gasteiger charge is -2.35. The molecule has 0 fully saturated rings. The van der Waals surface area contributed by atoms with Crippen molar-refractivity contribution >= 4 is 0 Å². The van der Waals surface area contributed by atoms with E-state index >= 15 is 0 Å². The molecule has 1 aliphatic carbocycles. The minimum absolute atomic E-state index is 0.00421. The second kappa shape index (κ2) is 9.30. The third-order valence-corrected chi connectivity index (χ3v) is 6.72. The van der Waals surface area contributed by atoms with Gasteiger partial charge in [0, 0.05) is 23.6 Å². The number of aryl methyl sites for hydroxylation is 1. The first-order valence-electron chi connectivity index (χ1n) is 11.5. The molecule has 5 rings (SSSR count). The predicted molar refractivity (Wildman–Crippen MR) is 127 cm³/mol. The zero-order valence-corrected chi connectivity index (χ0v) is 19.3. The largest absolute Gasteiger partial charge is 0.508 e. The van der Waals surface area contributed by atoms with E-state index in [0.717, 1.165) is 27.8 Å². The van der Waals surface area contributed by atoms with Crippen LogP contribution < -0.4 is 14.2 Å². The Labute approximate surface area is 202 Å². The molecule has 3 aromatic rings. The molecule has 0 amide bonds. The van der Waals surface area contributed by atoms with Crippen LogP contribution in [0.2, 0.25) is 0 Å². The number of hydrogen-bond acceptors (Lipinski definition) is 8. The van der Waals surface area contributed by atoms with Gasteiger partial charge in [-0.15, -0.1) is 0 Å². The monoisotopic (exact) mass is 480 g/mol. The van der Waals surface area contributed by atoms with E-state index in [-0.39, 0.29) is 30.5 Å². The fourth-order valence-electron chi connectivity index (χ4n) is 5.01. The third kappa shape index (κ3) is 4.14. The van der Waals surface area contributed by atoms with Crippen LogP contribution in [-0.2, 0) is 19.3 Å². The van der Waals surface area contributed by atoms with Crippen LogP contribution >= 0.6 is 0 Å². The number of fused-ring (bicyclic) bond motifs is 5. The average Bonchev–Trinajstić information content (AvgIpc) is 2.87. The summed E-state index contributed by atoms with van der Waals surface area (Å²) >= 11 is 0. The van der Waals surface area contributed by atoms with Crippen molar-refractivity contribution in [2.45, 2.75) is 37.6 Å². The van der Waals surface area contributed by atoms with Crippen LogP contribution in [0.4, 0.5) is 0 Å². The number of aromatic hydroxyl groups is 2. The van der Waals surface area contributed by atoms with Crippen molar-refractivity contribution in [3.05, 3.63) is 64.7 Å². The van der Waals surface area contributed by atoms with E-state index in [4.69, 9.17) is 14.2 Å². The molecule has 3 aromatic carbocycles. The SMILES string of the molecule is COc1cc(C2Oc3cc(OC(CO)CO)c4c(c3CC2O)CCc2cc(O)ccc2-4)ccc1O. The molecule has 0 radical (unpaired) electrons. The van der Waals surface area contributed by atoms with Crippen molar-refractivity contribution in [1.29, 1.82) is 0 Å². The van der Waals surface area contributed by atoms with Gasteiger partial charge >= 0.3 is 0 Å². The summed E-state index contributed by atoms with van der Waals surface area (Å²) in [5, 5.41) is 50.3. The van der Waals surface area contributed by atoms with Gasteiger partial charge in [-0.2, -0.15) is 0 Å². The molecule has 2 aliphatic rings. The van der Waals surface area contributed by atoms with E-state index in [1.165, 1.54) is 13.2 Å². The highest BCUT2D eigenvalue weighted by molar-refractivity contribution is 5.82. The highest BCUT2D eigenvalue weighted by Crippen LogP contribution is 2.49. The summed E-state index contributed by atoms with van der Waals surface area (Å²) in [7, 11) is 1.46. The van der Waals surface area contributed by atoms with E-state index < -0.39 is 18.3 Å². The quantitative estimate of drug-likeness (QED) is 0.364. The normalized spacial score (nSPS) is 18.3. The maximum atomic E-state index is 11.1. The molecule has 8 heteroatoms. The lowest BCUT2D eigenvalue weighted by Crippen LogP contribution is -2.32. The minimum Gasteiger partial charge on any atom is -0.508 e. The summed E-state index contributed by atoms with van der Waals surface area (Å²) in [4.78, 5) is 0. The Morgan fingerprint density at radius 1 is 0.971 bits per heavy atom. The van der Waals surface area contributed by atoms with Gasteiger partial charge in [0.25, 0.3) is 0 Å². The fourth-order valence-corrected chi connectivity index (χ4v) is 5.01. The molecule has 5 N–H and O–H groups in total. The molecule has 1 heterocycles. The van der Waals surface area contributed by atoms with Crippen molar-refractivity contribution in [1.82, 2.24) is 0 Å². The zero-order chi connectivity index (χ0) is 24.7. The second-order valence-electron chi connectivity index (χ2n) is 8.89. The number of phenols is 2. The number of aliphatic hydroxyl groups is 3. The van der Waals surface area contributed by atoms with Crippen LogP contribution in [0.1, 0.15) is 28.4 Å². The molecule has 1 aliphatic heterocycles. The number of phenolic OH excluding ortho intramolecular Hbond substituents is 2. The van der Waals surface area contributed by atoms with Gasteiger partial charge in [-0.25, -0.2) is 0 Å². The van der Waals surface area contributed by atoms with Crippen LogP contribution in [0.15, 0.2) is 42.5 Å². The Hall–Kier alpha value is -3.46. The van der Waals surface area contributed by atoms with Gasteiger partial charge in [-0.3, -0.25) is 0 Å². The summed E-state index contributed by atoms with van der Waals surface area (Å²) < 4.78 is 17.5. The van der Waals surface area contributed by atoms with E-state index in [1.807, 2.05) is 6.07 Å². The highest BCUT2D eigenvalue weighted by atomic mass is 16.5. The predicted octanol–water partition coefficient (Wildman–Crippen LogP) is 2.64. The van der Waals surface area contributed by atoms with Crippen LogP contribution in [0.25, 0.3) is 11.1 Å². The van der Waals surface area contributed by atoms with Crippen molar-refractivity contribution in [2.75, 3.05) is 20.3 Å². The van der Waals surface area contributed by atoms with E-state index in [0.29, 0.717) is 36.3 Å². The van der Waals surface area contributed by atoms with E-state index in [9.17, 15) is 25.5 Å². The topological polar surface area (TPSA) is 129 Å². The number of benzene rings is 3. The number of rotatable bonds is 6. The maximum absolute atomic E-state index is 11.1. The maximum Gasteiger partial charge on any atom is 0.160 e. The Morgan fingerprint density at radius 3 is 2.51 bits per heavy atom. The Balaban J connectivity index is 1.62. The lowest BCUT2D eigenvalue weighted by atomic mass is 9.80. The Kier molecular flexibility index (Phi) is 6.19. The van der Waals surface area contributed by atoms with Crippen LogP contribution in [-0.4, -0.2) is 58.1 Å². The summed E-state index contributed by atoms with van der Waals surface area (Å²) in [6.07, 6.45) is -0.639. The molecule has 2 atom stereocenters. The van der Waals surface area contributed by atoms with Gasteiger partial charge in [0.05, 0.1) is 26.4 Å². The minimum atomic E-state index is -0.837. The molecule has 184 valence electrons. The van der Waals surface area contributed by atoms with Gasteiger partial charge in [0.15, 0.2) is 11.5 Å². The molecular weight excluding hydrogens is 452 g/mol. The Morgan fingerprint density at radius 2 is 1.77 bits per heavy atom. The molecule has 0 bridgehead atoms. The van der Waals surface area contributed by atoms with E-state index in [2.05, 4.69) is 0 Å². The van der Waals surface area contributed by atoms with Crippen molar-refractivity contribution < 1.29 is 39.7 Å². The molecule has 8 nitrogen and oxygen atoms in total. The molecule has 2 unspecified atom stereocenters. The van der Waals surface area contributed by atoms with Crippen molar-refractivity contribution in [2.24, 2.45) is 0 Å². The summed E-state index contributed by atoms with van der Waals surface area (Å²) in [6.45, 7) is -0.722. The molecule has 0 aromatic heterocycles. The highest BCUT2D eigenvalue weighted by Gasteiger charge is 2.35. The smallest absolute Gasteiger partial charge is 0.160 e. The first-order valence-corrected chi connectivity index (χ1v) is 11.5. The van der Waals surface area contributed by atoms with Crippen LogP contribution in [0.5, 0.6) is 28.7 Å². The van der Waals surface area contributed by atoms with Gasteiger partial charge < -0.3 is 39.7 Å². The van der Waals surface area contributed by atoms with Crippen molar-refractivity contribution in [3.63, 3.8) is 0 Å². The van der Waals surface area contributed by atoms with Gasteiger partial charge in [-0.05, 0) is 59.4 Å². The molecule has 0 spiro atoms. The molecule has 35 heavy (non-hydrogen) atoms. The van der Waals surface area contributed by atoms with Crippen molar-refractivity contribution in [3.8, 4) is 39.9 Å². The number of methoxy groups -OCH3 is 1. The number of aliphatic hydroxyl groups excluding tert-OH is 3. The third-order valence-electron chi connectivity index (χ3n) is 6.72. The number of ether oxygens (including phenoxy) is 3. The number of hydrogen-bond donors (Lipinski definition) is 5. The Bertz CT molecular complexity index is 1250. The van der Waals surface area contributed by atoms with Gasteiger partial charge in [-0.1, -0.05) is 12.1 Å². The fraction of sp³-hybridized carbons (Fsp3) is 0.333. The molecule has 0 saturated heterocycles. The van der Waals surface area contributed by atoms with Crippen LogP contribution in [0.3, 0.4) is 0 Å². The van der Waals surface area contributed by atoms with Gasteiger partial charge in [0.1, 0.15) is 29.5 Å². The van der Waals surface area contributed by atoms with E-state index in [1.54, 1.807) is 30.3 Å². The first-order chi connectivity index (χ1) is 16.9. The standard InChI is InChI=1S/C27H28O8/c1-33-24-9-15(3-7-21(24)31)27-22(32)10-20-19-5-2-14-8-16(30)4-6-18(14)26(19)25(11-23(20)35-27)34-17(12-28)13-29/h3-4,6-9,11,17,22,27-32H,2,5,10,12-13H2,1H3. The molecule has 0 saturated carbocycles. The summed E-state index contributed by atoms with van der Waals surface area (Å²) in [6, 6.07) is 11.7. The van der Waals surface area contributed by atoms with Crippen LogP contribution in [0, 0.1) is 0 Å². The second-order valence-corrected chi connectivity index (χ2v) is 8.89. The van der Waals surface area contributed by atoms with Gasteiger partial charge in [0.2, 0.25) is 0 Å². The zero-order valence-electron chi connectivity index (χ0n) is 19.3. The lowest BCUT2D eigenvalue weighted by molar-refractivity contribution is 0.0196. The first kappa shape index (κ1) is 23.3. The summed E-state index contributed by atoms with van der Waals surface area (Å²) in [5.74, 6) is 1.47.